The lowest BCUT2D eigenvalue weighted by Gasteiger charge is -2.33. The van der Waals surface area contributed by atoms with E-state index in [4.69, 9.17) is 4.74 Å². The van der Waals surface area contributed by atoms with Crippen molar-refractivity contribution in [2.75, 3.05) is 13.2 Å². The van der Waals surface area contributed by atoms with E-state index >= 15 is 0 Å². The van der Waals surface area contributed by atoms with Crippen LogP contribution >= 0.6 is 0 Å². The van der Waals surface area contributed by atoms with E-state index in [2.05, 4.69) is 5.32 Å². The number of rotatable bonds is 4. The lowest BCUT2D eigenvalue weighted by atomic mass is 9.92. The molecule has 4 nitrogen and oxygen atoms in total. The number of nitrogens with one attached hydrogen (secondary N) is 1. The summed E-state index contributed by atoms with van der Waals surface area (Å²) in [7, 11) is 0. The first-order valence-electron chi connectivity index (χ1n) is 7.27. The zero-order chi connectivity index (χ0) is 15.8. The Hall–Kier alpha value is -0.820. The van der Waals surface area contributed by atoms with Gasteiger partial charge in [0.25, 0.3) is 0 Å². The van der Waals surface area contributed by atoms with Gasteiger partial charge < -0.3 is 15.2 Å². The van der Waals surface area contributed by atoms with Gasteiger partial charge >= 0.3 is 6.18 Å². The van der Waals surface area contributed by atoms with E-state index in [1.165, 1.54) is 13.8 Å². The van der Waals surface area contributed by atoms with Crippen LogP contribution in [0.25, 0.3) is 0 Å². The van der Waals surface area contributed by atoms with Gasteiger partial charge in [0.1, 0.15) is 0 Å². The average molecular weight is 309 g/mol. The van der Waals surface area contributed by atoms with E-state index in [0.29, 0.717) is 25.6 Å². The van der Waals surface area contributed by atoms with Crippen molar-refractivity contribution in [3.05, 3.63) is 0 Å². The van der Waals surface area contributed by atoms with E-state index in [1.807, 2.05) is 0 Å². The summed E-state index contributed by atoms with van der Waals surface area (Å²) in [6.07, 6.45) is -4.80. The number of aliphatic hydroxyl groups is 1. The van der Waals surface area contributed by atoms with Crippen LogP contribution in [0.5, 0.6) is 0 Å². The maximum Gasteiger partial charge on any atom is 0.416 e. The molecule has 122 valence electrons. The summed E-state index contributed by atoms with van der Waals surface area (Å²) in [5, 5.41) is 11.7. The zero-order valence-corrected chi connectivity index (χ0v) is 12.2. The Morgan fingerprint density at radius 3 is 2.38 bits per heavy atom. The summed E-state index contributed by atoms with van der Waals surface area (Å²) in [6, 6.07) is 0. The largest absolute Gasteiger partial charge is 0.416 e. The Bertz CT molecular complexity index is 391. The second kappa shape index (κ2) is 5.76. The predicted octanol–water partition coefficient (Wildman–Crippen LogP) is 1.87. The molecular formula is C14H22F3NO3. The summed E-state index contributed by atoms with van der Waals surface area (Å²) in [5.41, 5.74) is -1.72. The predicted molar refractivity (Wildman–Crippen MR) is 69.4 cm³/mol. The Kier molecular flexibility index (Phi) is 4.54. The third-order valence-corrected chi connectivity index (χ3v) is 4.49. The first-order valence-corrected chi connectivity index (χ1v) is 7.27. The molecule has 2 rings (SSSR count). The van der Waals surface area contributed by atoms with Gasteiger partial charge in [0.05, 0.1) is 5.54 Å². The molecule has 1 heterocycles. The van der Waals surface area contributed by atoms with Crippen molar-refractivity contribution in [3.63, 3.8) is 0 Å². The minimum Gasteiger partial charge on any atom is -0.382 e. The highest BCUT2D eigenvalue weighted by molar-refractivity contribution is 5.82. The van der Waals surface area contributed by atoms with Crippen LogP contribution in [0, 0.1) is 17.8 Å². The van der Waals surface area contributed by atoms with Gasteiger partial charge in [0, 0.05) is 19.1 Å². The third kappa shape index (κ3) is 3.88. The number of alkyl halides is 3. The quantitative estimate of drug-likeness (QED) is 0.833. The van der Waals surface area contributed by atoms with Crippen molar-refractivity contribution < 1.29 is 27.8 Å². The average Bonchev–Trinajstić information content (AvgIpc) is 3.17. The number of hydrogen-bond acceptors (Lipinski definition) is 3. The maximum absolute atomic E-state index is 12.6. The Morgan fingerprint density at radius 1 is 1.29 bits per heavy atom. The molecule has 2 fully saturated rings. The van der Waals surface area contributed by atoms with Crippen LogP contribution in [0.4, 0.5) is 13.2 Å². The van der Waals surface area contributed by atoms with E-state index in [-0.39, 0.29) is 17.7 Å². The Labute approximate surface area is 122 Å². The smallest absolute Gasteiger partial charge is 0.382 e. The lowest BCUT2D eigenvalue weighted by molar-refractivity contribution is -0.223. The van der Waals surface area contributed by atoms with Crippen molar-refractivity contribution in [1.29, 1.82) is 0 Å². The Morgan fingerprint density at radius 2 is 1.86 bits per heavy atom. The van der Waals surface area contributed by atoms with Crippen LogP contribution in [0.15, 0.2) is 0 Å². The fraction of sp³-hybridized carbons (Fsp3) is 0.929. The molecule has 1 aliphatic heterocycles. The van der Waals surface area contributed by atoms with Gasteiger partial charge in [0.2, 0.25) is 5.91 Å². The second-order valence-corrected chi connectivity index (χ2v) is 6.61. The fourth-order valence-electron chi connectivity index (χ4n) is 3.07. The third-order valence-electron chi connectivity index (χ3n) is 4.49. The molecule has 1 aliphatic carbocycles. The second-order valence-electron chi connectivity index (χ2n) is 6.61. The molecule has 1 amide bonds. The SMILES string of the molecule is CC(C)(NC(=O)[C@@H]1C[C@H]1C1CCOCC1)C(O)C(F)(F)F. The van der Waals surface area contributed by atoms with Gasteiger partial charge in [-0.3, -0.25) is 4.79 Å². The number of ether oxygens (including phenoxy) is 1. The fourth-order valence-corrected chi connectivity index (χ4v) is 3.07. The highest BCUT2D eigenvalue weighted by Crippen LogP contribution is 2.48. The lowest BCUT2D eigenvalue weighted by Crippen LogP contribution is -2.58. The summed E-state index contributed by atoms with van der Waals surface area (Å²) in [6.45, 7) is 3.76. The number of halogens is 3. The molecule has 0 aromatic carbocycles. The van der Waals surface area contributed by atoms with Gasteiger partial charge in [-0.15, -0.1) is 0 Å². The van der Waals surface area contributed by atoms with E-state index in [0.717, 1.165) is 12.8 Å². The topological polar surface area (TPSA) is 58.6 Å². The molecule has 0 aromatic rings. The molecule has 2 N–H and O–H groups in total. The maximum atomic E-state index is 12.6. The van der Waals surface area contributed by atoms with Crippen molar-refractivity contribution in [3.8, 4) is 0 Å². The molecule has 1 saturated heterocycles. The first-order chi connectivity index (χ1) is 9.63. The molecule has 2 aliphatic rings. The van der Waals surface area contributed by atoms with E-state index < -0.39 is 17.8 Å². The Balaban J connectivity index is 1.87. The van der Waals surface area contributed by atoms with Crippen LogP contribution in [0.2, 0.25) is 0 Å². The molecule has 0 spiro atoms. The van der Waals surface area contributed by atoms with Gasteiger partial charge in [-0.1, -0.05) is 0 Å². The summed E-state index contributed by atoms with van der Waals surface area (Å²) >= 11 is 0. The van der Waals surface area contributed by atoms with Crippen LogP contribution in [0.3, 0.4) is 0 Å². The van der Waals surface area contributed by atoms with Crippen molar-refractivity contribution in [1.82, 2.24) is 5.32 Å². The molecule has 21 heavy (non-hydrogen) atoms. The minimum absolute atomic E-state index is 0.229. The van der Waals surface area contributed by atoms with E-state index in [1.54, 1.807) is 0 Å². The normalized spacial score (nSPS) is 29.0. The molecule has 1 unspecified atom stereocenters. The summed E-state index contributed by atoms with van der Waals surface area (Å²) < 4.78 is 43.0. The highest BCUT2D eigenvalue weighted by Gasteiger charge is 2.52. The number of amides is 1. The molecule has 0 radical (unpaired) electrons. The van der Waals surface area contributed by atoms with Crippen LogP contribution in [-0.2, 0) is 9.53 Å². The summed E-state index contributed by atoms with van der Waals surface area (Å²) in [5.74, 6) is 0.0467. The number of hydrogen-bond donors (Lipinski definition) is 2. The molecule has 3 atom stereocenters. The van der Waals surface area contributed by atoms with Gasteiger partial charge in [-0.05, 0) is 44.9 Å². The first kappa shape index (κ1) is 16.5. The summed E-state index contributed by atoms with van der Waals surface area (Å²) in [4.78, 5) is 12.1. The van der Waals surface area contributed by atoms with Gasteiger partial charge in [0.15, 0.2) is 6.10 Å². The highest BCUT2D eigenvalue weighted by atomic mass is 19.4. The minimum atomic E-state index is -4.75. The van der Waals surface area contributed by atoms with Crippen LogP contribution in [-0.4, -0.2) is 42.0 Å². The zero-order valence-electron chi connectivity index (χ0n) is 12.2. The standard InChI is InChI=1S/C14H22F3NO3/c1-13(2,12(20)14(15,16)17)18-11(19)10-7-9(10)8-3-5-21-6-4-8/h8-10,12,20H,3-7H2,1-2H3,(H,18,19)/t9-,10+,12?/m0/s1. The van der Waals surface area contributed by atoms with Crippen molar-refractivity contribution in [2.45, 2.75) is 50.9 Å². The molecular weight excluding hydrogens is 287 g/mol. The van der Waals surface area contributed by atoms with E-state index in [9.17, 15) is 23.1 Å². The van der Waals surface area contributed by atoms with Crippen molar-refractivity contribution >= 4 is 5.91 Å². The molecule has 0 bridgehead atoms. The van der Waals surface area contributed by atoms with Crippen LogP contribution in [0.1, 0.15) is 33.1 Å². The van der Waals surface area contributed by atoms with Gasteiger partial charge in [-0.25, -0.2) is 0 Å². The number of carbonyl (C=O) groups excluding carboxylic acids is 1. The molecule has 0 aromatic heterocycles. The molecule has 7 heteroatoms. The number of aliphatic hydroxyl groups excluding tert-OH is 1. The monoisotopic (exact) mass is 309 g/mol. The van der Waals surface area contributed by atoms with Crippen molar-refractivity contribution in [2.24, 2.45) is 17.8 Å². The molecule has 1 saturated carbocycles. The van der Waals surface area contributed by atoms with Gasteiger partial charge in [-0.2, -0.15) is 13.2 Å². The number of carbonyl (C=O) groups is 1. The van der Waals surface area contributed by atoms with Crippen LogP contribution < -0.4 is 5.32 Å².